The van der Waals surface area contributed by atoms with E-state index in [1.165, 1.54) is 111 Å². The number of aliphatic hydroxyl groups is 1. The average Bonchev–Trinajstić information content (AvgIpc) is 1.60. The van der Waals surface area contributed by atoms with E-state index in [2.05, 4.69) is 74.4 Å². The van der Waals surface area contributed by atoms with Crippen molar-refractivity contribution >= 4 is 106 Å². The smallest absolute Gasteiger partial charge is 0.246 e. The van der Waals surface area contributed by atoms with Gasteiger partial charge < -0.3 is 102 Å². The monoisotopic (exact) mass is 1590 g/mol. The van der Waals surface area contributed by atoms with Gasteiger partial charge in [0.05, 0.1) is 12.6 Å². The third kappa shape index (κ3) is 30.8. The molecule has 2 rings (SSSR count). The Hall–Kier alpha value is -9.58. The Morgan fingerprint density at radius 1 is 0.366 bits per heavy atom. The van der Waals surface area contributed by atoms with Crippen LogP contribution in [-0.4, -0.2) is 216 Å². The lowest BCUT2D eigenvalue weighted by atomic mass is 9.84. The second-order valence-electron chi connectivity index (χ2n) is 34.7. The summed E-state index contributed by atoms with van der Waals surface area (Å²) in [6.07, 6.45) is 2.14. The number of hydrogen-bond donors (Lipinski definition) is 18. The second-order valence-corrected chi connectivity index (χ2v) is 34.7. The van der Waals surface area contributed by atoms with Crippen LogP contribution in [-0.2, 0) is 86.3 Å². The quantitative estimate of drug-likeness (QED) is 0.0307. The third-order valence-electron chi connectivity index (χ3n) is 19.4. The van der Waals surface area contributed by atoms with Crippen LogP contribution in [0.4, 0.5) is 0 Å². The van der Waals surface area contributed by atoms with Gasteiger partial charge in [-0.3, -0.25) is 86.3 Å². The van der Waals surface area contributed by atoms with Crippen molar-refractivity contribution < 1.29 is 91.4 Å². The zero-order valence-electron chi connectivity index (χ0n) is 69.6. The van der Waals surface area contributed by atoms with Crippen LogP contribution in [0.25, 0.3) is 0 Å². The van der Waals surface area contributed by atoms with Gasteiger partial charge in [-0.1, -0.05) is 54.4 Å². The maximum absolute atomic E-state index is 14.2. The van der Waals surface area contributed by atoms with Crippen LogP contribution in [0.5, 0.6) is 0 Å². The Bertz CT molecular complexity index is 3480. The van der Waals surface area contributed by atoms with Crippen LogP contribution in [0.15, 0.2) is 0 Å². The Labute approximate surface area is 657 Å². The Morgan fingerprint density at radius 3 is 1.01 bits per heavy atom. The maximum Gasteiger partial charge on any atom is 0.246 e. The van der Waals surface area contributed by atoms with E-state index in [1.54, 1.807) is 32.6 Å². The molecule has 2 unspecified atom stereocenters. The molecule has 1 aliphatic heterocycles. The zero-order valence-corrected chi connectivity index (χ0v) is 69.6. The number of nitrogens with one attached hydrogen (secondary N) is 14. The molecule has 1 saturated heterocycles. The molecule has 21 N–H and O–H groups in total. The predicted molar refractivity (Wildman–Crippen MR) is 412 cm³/mol. The first kappa shape index (κ1) is 98.5. The van der Waals surface area contributed by atoms with Crippen LogP contribution in [0.1, 0.15) is 242 Å². The van der Waals surface area contributed by atoms with Gasteiger partial charge in [0.25, 0.3) is 0 Å². The van der Waals surface area contributed by atoms with Crippen molar-refractivity contribution in [3.8, 4) is 0 Å². The van der Waals surface area contributed by atoms with Crippen molar-refractivity contribution in [2.45, 2.75) is 335 Å². The highest BCUT2D eigenvalue weighted by atomic mass is 16.3. The summed E-state index contributed by atoms with van der Waals surface area (Å²) in [6.45, 7) is 31.4. The fourth-order valence-electron chi connectivity index (χ4n) is 12.6. The molecule has 10 atom stereocenters. The van der Waals surface area contributed by atoms with E-state index in [1.807, 2.05) is 13.8 Å². The van der Waals surface area contributed by atoms with Crippen molar-refractivity contribution in [3.05, 3.63) is 0 Å². The summed E-state index contributed by atoms with van der Waals surface area (Å²) in [5.41, 5.74) is 3.39. The number of carbonyl (C=O) groups excluding carboxylic acids is 18. The minimum absolute atomic E-state index is 0.00521. The summed E-state index contributed by atoms with van der Waals surface area (Å²) in [4.78, 5) is 246. The number of carbonyl (C=O) groups is 18. The van der Waals surface area contributed by atoms with Gasteiger partial charge in [-0.05, 0) is 185 Å². The van der Waals surface area contributed by atoms with Gasteiger partial charge >= 0.3 is 0 Å². The molecule has 37 heteroatoms. The number of rotatable bonds is 44. The molecule has 37 nitrogen and oxygen atoms in total. The van der Waals surface area contributed by atoms with Gasteiger partial charge in [-0.15, -0.1) is 0 Å². The van der Waals surface area contributed by atoms with E-state index in [0.29, 0.717) is 12.8 Å². The summed E-state index contributed by atoms with van der Waals surface area (Å²) in [5, 5.41) is 45.9. The fourth-order valence-corrected chi connectivity index (χ4v) is 12.6. The highest BCUT2D eigenvalue weighted by molar-refractivity contribution is 6.03. The van der Waals surface area contributed by atoms with Crippen molar-refractivity contribution in [2.24, 2.45) is 40.9 Å². The Kier molecular flexibility index (Phi) is 36.3. The topological polar surface area (TPSA) is 577 Å². The first-order valence-corrected chi connectivity index (χ1v) is 38.3. The predicted octanol–water partition coefficient (Wildman–Crippen LogP) is -2.23. The Balaban J connectivity index is 2.25. The fraction of sp³-hybridized carbons (Fsp3) is 0.760. The van der Waals surface area contributed by atoms with Gasteiger partial charge in [-0.2, -0.15) is 0 Å². The van der Waals surface area contributed by atoms with E-state index >= 15 is 0 Å². The molecule has 0 aromatic rings. The highest BCUT2D eigenvalue weighted by Crippen LogP contribution is 2.40. The molecule has 2 fully saturated rings. The highest BCUT2D eigenvalue weighted by Gasteiger charge is 2.49. The van der Waals surface area contributed by atoms with Gasteiger partial charge in [0.2, 0.25) is 106 Å². The lowest BCUT2D eigenvalue weighted by Gasteiger charge is -2.36. The molecule has 0 aromatic heterocycles. The summed E-state index contributed by atoms with van der Waals surface area (Å²) in [5.74, 6) is -15.3. The van der Waals surface area contributed by atoms with Crippen LogP contribution >= 0.6 is 0 Å². The molecular weight excluding hydrogens is 1460 g/mol. The molecular formula is C75H130N18O19. The standard InChI is InChI=1S/C75H130N18O19/c1-38(2)33-44(37-94)80-56(100)45(27-30-52(76)96)82-62(106)69(9,10)88-59(103)48(34-39(3)4)81-57(101)46(28-31-53(77)97)83-64(108)71(13,14)91-68(112)75(21,22)92-67(111)74(19,20)87-58(102)47(29-32-54(78)98)84-63(107)70(11,12)89-60(104)49(35-40(5)6)85-65(109)72(15,16)90-66(110)73(17,18)86-55(99)41(7)79-61(105)51-36-43-25-23-24-26-50(43)93(51)42(8)95/h38-41,43-51,94H,23-37H2,1-22H3,(H2,76,96)(H2,77,97)(H2,78,98)(H,79,105)(H,80,100)(H,81,101)(H,82,106)(H,83,108)(H,84,107)(H,85,109)(H,86,99)(H,87,102)(H,88,103)(H,89,104)(H,90,110)(H,91,112)(H,92,111)/t41-,43?,44-,45-,46-,47-,48-,49-,50?,51-/m0/s1. The second kappa shape index (κ2) is 41.3. The molecule has 0 aromatic carbocycles. The molecule has 0 radical (unpaired) electrons. The normalized spacial score (nSPS) is 17.3. The molecule has 18 amide bonds. The molecule has 112 heavy (non-hydrogen) atoms. The van der Waals surface area contributed by atoms with Gasteiger partial charge in [0.15, 0.2) is 0 Å². The van der Waals surface area contributed by atoms with E-state index in [4.69, 9.17) is 17.2 Å². The largest absolute Gasteiger partial charge is 0.394 e. The van der Waals surface area contributed by atoms with Crippen molar-refractivity contribution in [2.75, 3.05) is 6.61 Å². The minimum atomic E-state index is -1.94. The SMILES string of the molecule is CC(=O)N1C2CCCCC2C[C@H]1C(=O)N[C@@H](C)C(=O)NC(C)(C)C(=O)NC(C)(C)C(=O)N[C@@H](CC(C)C)C(=O)NC(C)(C)C(=O)N[C@@H](CCC(N)=O)C(=O)NC(C)(C)C(=O)NC(C)(C)C(=O)NC(C)(C)C(=O)N[C@@H](CCC(N)=O)C(=O)N[C@@H](CC(C)C)C(=O)NC(C)(C)C(=O)N[C@@H](CCC(N)=O)C(=O)N[C@H](CO)CC(C)C. The molecule has 0 spiro atoms. The number of aliphatic hydroxyl groups excluding tert-OH is 1. The van der Waals surface area contributed by atoms with Crippen LogP contribution < -0.4 is 91.6 Å². The van der Waals surface area contributed by atoms with Crippen LogP contribution in [0.3, 0.4) is 0 Å². The molecule has 634 valence electrons. The van der Waals surface area contributed by atoms with Crippen LogP contribution in [0.2, 0.25) is 0 Å². The van der Waals surface area contributed by atoms with Crippen LogP contribution in [0, 0.1) is 23.7 Å². The minimum Gasteiger partial charge on any atom is -0.394 e. The first-order valence-electron chi connectivity index (χ1n) is 38.3. The first-order chi connectivity index (χ1) is 51.1. The van der Waals surface area contributed by atoms with Gasteiger partial charge in [0.1, 0.15) is 81.1 Å². The molecule has 2 aliphatic rings. The number of nitrogens with two attached hydrogens (primary N) is 3. The lowest BCUT2D eigenvalue weighted by molar-refractivity contribution is -0.141. The Morgan fingerprint density at radius 2 is 0.661 bits per heavy atom. The summed E-state index contributed by atoms with van der Waals surface area (Å²) in [7, 11) is 0. The number of likely N-dealkylation sites (tertiary alicyclic amines) is 1. The number of amides is 18. The third-order valence-corrected chi connectivity index (χ3v) is 19.4. The number of nitrogens with zero attached hydrogens (tertiary/aromatic N) is 1. The number of primary amides is 3. The summed E-state index contributed by atoms with van der Waals surface area (Å²) in [6, 6.07) is -9.92. The van der Waals surface area contributed by atoms with E-state index in [0.717, 1.165) is 25.7 Å². The van der Waals surface area contributed by atoms with E-state index in [9.17, 15) is 91.4 Å². The van der Waals surface area contributed by atoms with E-state index < -0.39 is 220 Å². The molecule has 1 heterocycles. The van der Waals surface area contributed by atoms with Crippen molar-refractivity contribution in [1.82, 2.24) is 79.3 Å². The maximum atomic E-state index is 14.2. The summed E-state index contributed by atoms with van der Waals surface area (Å²) >= 11 is 0. The zero-order chi connectivity index (χ0) is 86.5. The van der Waals surface area contributed by atoms with Crippen molar-refractivity contribution in [1.29, 1.82) is 0 Å². The lowest BCUT2D eigenvalue weighted by Crippen LogP contribution is -2.68. The van der Waals surface area contributed by atoms with Crippen molar-refractivity contribution in [3.63, 3.8) is 0 Å². The number of hydrogen-bond acceptors (Lipinski definition) is 19. The average molecular weight is 1590 g/mol. The molecule has 1 saturated carbocycles. The number of fused-ring (bicyclic) bond motifs is 1. The molecule has 1 aliphatic carbocycles. The van der Waals surface area contributed by atoms with Gasteiger partial charge in [0, 0.05) is 32.2 Å². The van der Waals surface area contributed by atoms with E-state index in [-0.39, 0.29) is 61.3 Å². The summed E-state index contributed by atoms with van der Waals surface area (Å²) < 4.78 is 0. The molecule has 0 bridgehead atoms. The van der Waals surface area contributed by atoms with Gasteiger partial charge in [-0.25, -0.2) is 0 Å².